The van der Waals surface area contributed by atoms with Crippen molar-refractivity contribution in [3.8, 4) is 56.8 Å². The van der Waals surface area contributed by atoms with Gasteiger partial charge in [0.2, 0.25) is 0 Å². The predicted octanol–water partition coefficient (Wildman–Crippen LogP) is 3.41. The number of H-pyrrole nitrogens is 1. The van der Waals surface area contributed by atoms with Crippen molar-refractivity contribution in [3.63, 3.8) is 0 Å². The maximum absolute atomic E-state index is 11.0. The maximum atomic E-state index is 11.0. The molecule has 0 aliphatic heterocycles. The fraction of sp³-hybridized carbons (Fsp3) is 0.130. The van der Waals surface area contributed by atoms with Crippen molar-refractivity contribution in [1.82, 2.24) is 10.2 Å². The van der Waals surface area contributed by atoms with Gasteiger partial charge in [0.05, 0.1) is 19.8 Å². The number of aromatic nitrogens is 2. The fourth-order valence-electron chi connectivity index (χ4n) is 3.39. The van der Waals surface area contributed by atoms with Crippen LogP contribution in [0.1, 0.15) is 5.89 Å². The number of hydrogen-bond donors (Lipinski definition) is 4. The normalized spacial score (nSPS) is 10.7. The van der Waals surface area contributed by atoms with Crippen molar-refractivity contribution in [2.24, 2.45) is 0 Å². The number of rotatable bonds is 7. The zero-order valence-electron chi connectivity index (χ0n) is 17.7. The lowest BCUT2D eigenvalue weighted by Crippen LogP contribution is -1.98. The molecule has 3 aromatic carbocycles. The van der Waals surface area contributed by atoms with Crippen LogP contribution in [0.25, 0.3) is 22.3 Å². The van der Waals surface area contributed by atoms with E-state index in [1.807, 2.05) is 0 Å². The number of methoxy groups -OCH3 is 2. The second-order valence-electron chi connectivity index (χ2n) is 6.91. The van der Waals surface area contributed by atoms with E-state index in [1.54, 1.807) is 24.3 Å². The summed E-state index contributed by atoms with van der Waals surface area (Å²) in [7, 11) is 2.89. The summed E-state index contributed by atoms with van der Waals surface area (Å²) in [6.45, 7) is -0.171. The molecule has 0 amide bonds. The highest BCUT2D eigenvalue weighted by atomic mass is 16.5. The van der Waals surface area contributed by atoms with Crippen LogP contribution >= 0.6 is 0 Å². The van der Waals surface area contributed by atoms with Crippen LogP contribution in [0.4, 0.5) is 0 Å². The molecule has 0 aliphatic rings. The van der Waals surface area contributed by atoms with Gasteiger partial charge in [0.25, 0.3) is 5.89 Å². The van der Waals surface area contributed by atoms with E-state index in [2.05, 4.69) is 10.2 Å². The first-order valence-electron chi connectivity index (χ1n) is 9.69. The summed E-state index contributed by atoms with van der Waals surface area (Å²) in [6.07, 6.45) is 0. The third-order valence-electron chi connectivity index (χ3n) is 4.90. The van der Waals surface area contributed by atoms with Crippen molar-refractivity contribution in [2.75, 3.05) is 14.2 Å². The monoisotopic (exact) mass is 452 g/mol. The van der Waals surface area contributed by atoms with Crippen LogP contribution in [0.5, 0.6) is 34.5 Å². The van der Waals surface area contributed by atoms with Crippen molar-refractivity contribution in [3.05, 3.63) is 65.0 Å². The minimum atomic E-state index is -0.708. The zero-order valence-corrected chi connectivity index (χ0v) is 17.7. The van der Waals surface area contributed by atoms with Crippen LogP contribution in [-0.4, -0.2) is 39.7 Å². The van der Waals surface area contributed by atoms with Gasteiger partial charge < -0.3 is 33.9 Å². The Morgan fingerprint density at radius 1 is 0.939 bits per heavy atom. The van der Waals surface area contributed by atoms with Gasteiger partial charge in [-0.05, 0) is 41.5 Å². The quantitative estimate of drug-likeness (QED) is 0.331. The molecule has 170 valence electrons. The summed E-state index contributed by atoms with van der Waals surface area (Å²) in [5.41, 5.74) is 2.00. The molecule has 4 N–H and O–H groups in total. The molecule has 0 unspecified atom stereocenters. The lowest BCUT2D eigenvalue weighted by atomic mass is 9.96. The summed E-state index contributed by atoms with van der Waals surface area (Å²) in [6, 6.07) is 12.6. The number of hydrogen-bond acceptors (Lipinski definition) is 9. The van der Waals surface area contributed by atoms with Gasteiger partial charge in [0, 0.05) is 5.56 Å². The smallest absolute Gasteiger partial charge is 0.434 e. The van der Waals surface area contributed by atoms with Gasteiger partial charge >= 0.3 is 5.76 Å². The number of ether oxygens (including phenoxy) is 3. The first-order chi connectivity index (χ1) is 15.9. The molecule has 10 nitrogen and oxygen atoms in total. The topological polar surface area (TPSA) is 147 Å². The summed E-state index contributed by atoms with van der Waals surface area (Å²) in [5, 5.41) is 36.8. The third kappa shape index (κ3) is 4.26. The Morgan fingerprint density at radius 2 is 1.67 bits per heavy atom. The third-order valence-corrected chi connectivity index (χ3v) is 4.90. The minimum absolute atomic E-state index is 0.0253. The van der Waals surface area contributed by atoms with E-state index in [0.29, 0.717) is 28.0 Å². The number of phenols is 3. The van der Waals surface area contributed by atoms with Crippen LogP contribution in [-0.2, 0) is 6.61 Å². The highest BCUT2D eigenvalue weighted by Crippen LogP contribution is 2.50. The van der Waals surface area contributed by atoms with Gasteiger partial charge in [-0.15, -0.1) is 5.10 Å². The van der Waals surface area contributed by atoms with Gasteiger partial charge in [-0.25, -0.2) is 9.89 Å². The Hall–Kier alpha value is -4.60. The van der Waals surface area contributed by atoms with E-state index >= 15 is 0 Å². The largest absolute Gasteiger partial charge is 0.508 e. The number of aromatic hydroxyl groups is 3. The number of nitrogens with zero attached hydrogens (tertiary/aromatic N) is 1. The molecule has 0 saturated carbocycles. The average Bonchev–Trinajstić information content (AvgIpc) is 3.23. The molecule has 0 atom stereocenters. The lowest BCUT2D eigenvalue weighted by Gasteiger charge is -2.18. The molecule has 0 bridgehead atoms. The molecule has 0 saturated heterocycles. The number of phenolic OH excluding ortho intramolecular Hbond substituents is 3. The molecule has 33 heavy (non-hydrogen) atoms. The molecule has 4 aromatic rings. The van der Waals surface area contributed by atoms with E-state index < -0.39 is 5.76 Å². The van der Waals surface area contributed by atoms with Crippen LogP contribution in [0.2, 0.25) is 0 Å². The molecular formula is C23H20N2O8. The summed E-state index contributed by atoms with van der Waals surface area (Å²) >= 11 is 0. The second-order valence-corrected chi connectivity index (χ2v) is 6.91. The Labute approximate surface area is 187 Å². The second kappa shape index (κ2) is 8.87. The molecule has 0 radical (unpaired) electrons. The van der Waals surface area contributed by atoms with Crippen molar-refractivity contribution in [2.45, 2.75) is 6.61 Å². The van der Waals surface area contributed by atoms with Gasteiger partial charge in [-0.3, -0.25) is 0 Å². The Morgan fingerprint density at radius 3 is 2.27 bits per heavy atom. The molecule has 1 heterocycles. The number of nitrogens with one attached hydrogen (secondary N) is 1. The van der Waals surface area contributed by atoms with E-state index in [0.717, 1.165) is 0 Å². The first-order valence-corrected chi connectivity index (χ1v) is 9.69. The fourth-order valence-corrected chi connectivity index (χ4v) is 3.39. The SMILES string of the molecule is COc1cc(-c2ccc(O)cc2)c(OC)c(O)c1-c1ccc(OCc2n[nH]c(=O)o2)c(O)c1. The molecule has 0 aliphatic carbocycles. The van der Waals surface area contributed by atoms with Crippen LogP contribution < -0.4 is 20.0 Å². The molecule has 1 aromatic heterocycles. The standard InChI is InChI=1S/C23H20N2O8/c1-30-18-10-15(12-3-6-14(26)7-4-12)22(31-2)21(28)20(18)13-5-8-17(16(27)9-13)32-11-19-24-25-23(29)33-19/h3-10,26-28H,11H2,1-2H3,(H,25,29). The molecule has 0 fully saturated rings. The van der Waals surface area contributed by atoms with Crippen molar-refractivity contribution < 1.29 is 33.9 Å². The van der Waals surface area contributed by atoms with E-state index in [9.17, 15) is 20.1 Å². The van der Waals surface area contributed by atoms with Crippen molar-refractivity contribution in [1.29, 1.82) is 0 Å². The molecule has 10 heteroatoms. The Kier molecular flexibility index (Phi) is 5.81. The van der Waals surface area contributed by atoms with Gasteiger partial charge in [0.1, 0.15) is 11.5 Å². The van der Waals surface area contributed by atoms with E-state index in [1.165, 1.54) is 38.5 Å². The van der Waals surface area contributed by atoms with Gasteiger partial charge in [-0.2, -0.15) is 0 Å². The van der Waals surface area contributed by atoms with Crippen molar-refractivity contribution >= 4 is 0 Å². The zero-order chi connectivity index (χ0) is 23.5. The predicted molar refractivity (Wildman–Crippen MR) is 117 cm³/mol. The van der Waals surface area contributed by atoms with Crippen LogP contribution in [0.3, 0.4) is 0 Å². The minimum Gasteiger partial charge on any atom is -0.508 e. The average molecular weight is 452 g/mol. The molecular weight excluding hydrogens is 432 g/mol. The number of benzene rings is 3. The van der Waals surface area contributed by atoms with Crippen LogP contribution in [0, 0.1) is 0 Å². The van der Waals surface area contributed by atoms with Crippen LogP contribution in [0.15, 0.2) is 57.7 Å². The highest BCUT2D eigenvalue weighted by Gasteiger charge is 2.22. The summed E-state index contributed by atoms with van der Waals surface area (Å²) in [5.74, 6) is -0.321. The van der Waals surface area contributed by atoms with E-state index in [-0.39, 0.29) is 41.2 Å². The highest BCUT2D eigenvalue weighted by molar-refractivity contribution is 5.88. The molecule has 0 spiro atoms. The first kappa shape index (κ1) is 21.6. The lowest BCUT2D eigenvalue weighted by molar-refractivity contribution is 0.249. The van der Waals surface area contributed by atoms with E-state index in [4.69, 9.17) is 18.6 Å². The Bertz CT molecular complexity index is 1340. The van der Waals surface area contributed by atoms with Gasteiger partial charge in [0.15, 0.2) is 29.6 Å². The maximum Gasteiger partial charge on any atom is 0.434 e. The summed E-state index contributed by atoms with van der Waals surface area (Å²) < 4.78 is 21.2. The van der Waals surface area contributed by atoms with Gasteiger partial charge in [-0.1, -0.05) is 18.2 Å². The number of aromatic amines is 1. The molecule has 4 rings (SSSR count). The summed E-state index contributed by atoms with van der Waals surface area (Å²) in [4.78, 5) is 11.0. The Balaban J connectivity index is 1.72.